The summed E-state index contributed by atoms with van der Waals surface area (Å²) < 4.78 is 5.71. The molecule has 9 heteroatoms. The predicted octanol–water partition coefficient (Wildman–Crippen LogP) is 3.54. The highest BCUT2D eigenvalue weighted by Crippen LogP contribution is 2.40. The minimum Gasteiger partial charge on any atom is -0.494 e. The molecule has 2 aliphatic heterocycles. The molecule has 1 aromatic heterocycles. The standard InChI is InChI=1S/C24H32N8O/c1-16(2)32-23-20(28-30(32)4)8-6-17-15-25-24(27-22(17)23)26-19-9-7-18(14-21(19)33-5)31-12-10-29(3)11-13-31/h6-9,14-16,28H,10-13H2,1-5H3,(H,25,26,27). The van der Waals surface area contributed by atoms with Crippen molar-refractivity contribution in [1.82, 2.24) is 20.0 Å². The molecule has 0 aliphatic carbocycles. The molecule has 9 nitrogen and oxygen atoms in total. The number of benzene rings is 2. The number of ether oxygens (including phenoxy) is 1. The molecule has 0 amide bonds. The van der Waals surface area contributed by atoms with Crippen LogP contribution in [-0.4, -0.2) is 73.4 Å². The van der Waals surface area contributed by atoms with Gasteiger partial charge in [-0.1, -0.05) is 0 Å². The predicted molar refractivity (Wildman–Crippen MR) is 135 cm³/mol. The van der Waals surface area contributed by atoms with E-state index in [1.807, 2.05) is 30.5 Å². The van der Waals surface area contributed by atoms with E-state index in [-0.39, 0.29) is 6.04 Å². The molecule has 0 radical (unpaired) electrons. The number of rotatable bonds is 5. The monoisotopic (exact) mass is 448 g/mol. The quantitative estimate of drug-likeness (QED) is 0.610. The van der Waals surface area contributed by atoms with Gasteiger partial charge in [0.15, 0.2) is 0 Å². The van der Waals surface area contributed by atoms with Crippen molar-refractivity contribution in [2.45, 2.75) is 19.9 Å². The fourth-order valence-electron chi connectivity index (χ4n) is 4.61. The Morgan fingerprint density at radius 3 is 2.58 bits per heavy atom. The van der Waals surface area contributed by atoms with Crippen molar-refractivity contribution in [2.24, 2.45) is 0 Å². The molecule has 3 heterocycles. The molecule has 0 unspecified atom stereocenters. The van der Waals surface area contributed by atoms with Gasteiger partial charge >= 0.3 is 0 Å². The number of piperazine rings is 1. The van der Waals surface area contributed by atoms with Gasteiger partial charge in [0, 0.05) is 62.6 Å². The zero-order valence-corrected chi connectivity index (χ0v) is 20.0. The van der Waals surface area contributed by atoms with Gasteiger partial charge in [-0.05, 0) is 45.2 Å². The molecule has 1 fully saturated rings. The topological polar surface area (TPSA) is 72.0 Å². The smallest absolute Gasteiger partial charge is 0.227 e. The number of anilines is 5. The number of hydrogen-bond acceptors (Lipinski definition) is 9. The van der Waals surface area contributed by atoms with Gasteiger partial charge in [-0.2, -0.15) is 0 Å². The van der Waals surface area contributed by atoms with Crippen molar-refractivity contribution in [3.63, 3.8) is 0 Å². The molecular formula is C24H32N8O. The van der Waals surface area contributed by atoms with Crippen LogP contribution in [0.2, 0.25) is 0 Å². The molecule has 5 rings (SSSR count). The second kappa shape index (κ2) is 8.57. The molecule has 2 N–H and O–H groups in total. The Morgan fingerprint density at radius 1 is 1.06 bits per heavy atom. The number of aromatic nitrogens is 2. The first-order chi connectivity index (χ1) is 15.9. The summed E-state index contributed by atoms with van der Waals surface area (Å²) in [6, 6.07) is 10.7. The summed E-state index contributed by atoms with van der Waals surface area (Å²) in [5.74, 6) is 1.32. The van der Waals surface area contributed by atoms with Crippen molar-refractivity contribution in [3.05, 3.63) is 36.5 Å². The normalized spacial score (nSPS) is 16.9. The highest BCUT2D eigenvalue weighted by molar-refractivity contribution is 5.99. The lowest BCUT2D eigenvalue weighted by atomic mass is 10.1. The molecular weight excluding hydrogens is 416 g/mol. The first-order valence-electron chi connectivity index (χ1n) is 11.4. The summed E-state index contributed by atoms with van der Waals surface area (Å²) in [6.07, 6.45) is 1.87. The average molecular weight is 449 g/mol. The van der Waals surface area contributed by atoms with E-state index in [0.717, 1.165) is 59.9 Å². The second-order valence-electron chi connectivity index (χ2n) is 8.97. The van der Waals surface area contributed by atoms with E-state index in [9.17, 15) is 0 Å². The second-order valence-corrected chi connectivity index (χ2v) is 8.97. The number of fused-ring (bicyclic) bond motifs is 3. The largest absolute Gasteiger partial charge is 0.494 e. The maximum Gasteiger partial charge on any atom is 0.227 e. The van der Waals surface area contributed by atoms with Crippen molar-refractivity contribution < 1.29 is 4.74 Å². The maximum absolute atomic E-state index is 5.71. The number of likely N-dealkylation sites (N-methyl/N-ethyl adjacent to an activating group) is 1. The van der Waals surface area contributed by atoms with E-state index in [1.165, 1.54) is 5.69 Å². The van der Waals surface area contributed by atoms with Gasteiger partial charge in [0.1, 0.15) is 17.0 Å². The highest BCUT2D eigenvalue weighted by Gasteiger charge is 2.29. The molecule has 33 heavy (non-hydrogen) atoms. The van der Waals surface area contributed by atoms with E-state index < -0.39 is 0 Å². The lowest BCUT2D eigenvalue weighted by molar-refractivity contribution is 0.312. The van der Waals surface area contributed by atoms with Crippen molar-refractivity contribution >= 4 is 39.6 Å². The Hall–Kier alpha value is -3.30. The minimum absolute atomic E-state index is 0.280. The fraction of sp³-hybridized carbons (Fsp3) is 0.417. The van der Waals surface area contributed by atoms with Gasteiger partial charge in [0.2, 0.25) is 5.95 Å². The fourth-order valence-corrected chi connectivity index (χ4v) is 4.61. The van der Waals surface area contributed by atoms with Crippen LogP contribution >= 0.6 is 0 Å². The highest BCUT2D eigenvalue weighted by atomic mass is 16.5. The van der Waals surface area contributed by atoms with Gasteiger partial charge in [-0.25, -0.2) is 9.97 Å². The average Bonchev–Trinajstić information content (AvgIpc) is 3.16. The van der Waals surface area contributed by atoms with Crippen LogP contribution in [0.15, 0.2) is 36.5 Å². The number of nitrogens with zero attached hydrogens (tertiary/aromatic N) is 6. The van der Waals surface area contributed by atoms with Crippen molar-refractivity contribution in [1.29, 1.82) is 0 Å². The van der Waals surface area contributed by atoms with Crippen LogP contribution in [0.1, 0.15) is 13.8 Å². The Labute approximate surface area is 194 Å². The van der Waals surface area contributed by atoms with Crippen LogP contribution in [0.25, 0.3) is 10.9 Å². The van der Waals surface area contributed by atoms with E-state index >= 15 is 0 Å². The Balaban J connectivity index is 1.46. The first-order valence-corrected chi connectivity index (χ1v) is 11.4. The number of hydrazine groups is 2. The summed E-state index contributed by atoms with van der Waals surface area (Å²) in [5.41, 5.74) is 8.42. The number of methoxy groups -OCH3 is 1. The van der Waals surface area contributed by atoms with E-state index in [4.69, 9.17) is 9.72 Å². The lowest BCUT2D eigenvalue weighted by Gasteiger charge is -2.34. The zero-order chi connectivity index (χ0) is 23.1. The van der Waals surface area contributed by atoms with E-state index in [2.05, 4.69) is 69.6 Å². The van der Waals surface area contributed by atoms with E-state index in [1.54, 1.807) is 7.11 Å². The molecule has 2 aliphatic rings. The van der Waals surface area contributed by atoms with Crippen LogP contribution < -0.4 is 25.4 Å². The summed E-state index contributed by atoms with van der Waals surface area (Å²) in [6.45, 7) is 8.49. The van der Waals surface area contributed by atoms with Crippen LogP contribution in [0.5, 0.6) is 5.75 Å². The van der Waals surface area contributed by atoms with Gasteiger partial charge in [-0.15, -0.1) is 5.12 Å². The third kappa shape index (κ3) is 3.98. The van der Waals surface area contributed by atoms with Gasteiger partial charge in [0.05, 0.1) is 18.5 Å². The summed E-state index contributed by atoms with van der Waals surface area (Å²) >= 11 is 0. The third-order valence-electron chi connectivity index (χ3n) is 6.35. The SMILES string of the molecule is COc1cc(N2CCN(C)CC2)ccc1Nc1ncc2ccc3c(c2n1)N(C(C)C)N(C)N3. The van der Waals surface area contributed by atoms with Crippen LogP contribution in [0.4, 0.5) is 28.7 Å². The minimum atomic E-state index is 0.280. The molecule has 0 saturated carbocycles. The molecule has 174 valence electrons. The van der Waals surface area contributed by atoms with Gasteiger partial charge < -0.3 is 19.9 Å². The van der Waals surface area contributed by atoms with Crippen LogP contribution in [0, 0.1) is 0 Å². The van der Waals surface area contributed by atoms with Gasteiger partial charge in [-0.3, -0.25) is 10.4 Å². The molecule has 1 saturated heterocycles. The Morgan fingerprint density at radius 2 is 1.85 bits per heavy atom. The van der Waals surface area contributed by atoms with Crippen molar-refractivity contribution in [2.75, 3.05) is 68.0 Å². The van der Waals surface area contributed by atoms with Gasteiger partial charge in [0.25, 0.3) is 0 Å². The molecule has 0 spiro atoms. The van der Waals surface area contributed by atoms with Crippen LogP contribution in [0.3, 0.4) is 0 Å². The number of hydrogen-bond donors (Lipinski definition) is 2. The summed E-state index contributed by atoms with van der Waals surface area (Å²) in [4.78, 5) is 14.2. The molecule has 0 bridgehead atoms. The lowest BCUT2D eigenvalue weighted by Crippen LogP contribution is -2.44. The summed E-state index contributed by atoms with van der Waals surface area (Å²) in [5, 5.41) is 8.58. The Kier molecular flexibility index (Phi) is 5.59. The molecule has 3 aromatic rings. The molecule has 0 atom stereocenters. The first kappa shape index (κ1) is 21.5. The van der Waals surface area contributed by atoms with E-state index in [0.29, 0.717) is 5.95 Å². The third-order valence-corrected chi connectivity index (χ3v) is 6.35. The van der Waals surface area contributed by atoms with Crippen LogP contribution in [-0.2, 0) is 0 Å². The maximum atomic E-state index is 5.71. The van der Waals surface area contributed by atoms with Crippen molar-refractivity contribution in [3.8, 4) is 5.75 Å². The Bertz CT molecular complexity index is 1160. The summed E-state index contributed by atoms with van der Waals surface area (Å²) in [7, 11) is 5.88. The zero-order valence-electron chi connectivity index (χ0n) is 20.0. The number of nitrogens with one attached hydrogen (secondary N) is 2. The molecule has 2 aromatic carbocycles.